The van der Waals surface area contributed by atoms with E-state index < -0.39 is 11.5 Å². The van der Waals surface area contributed by atoms with Gasteiger partial charge in [-0.1, -0.05) is 23.2 Å². The minimum atomic E-state index is -0.531. The zero-order chi connectivity index (χ0) is 12.3. The molecule has 3 nitrogen and oxygen atoms in total. The number of ketones is 1. The number of benzene rings is 1. The van der Waals surface area contributed by atoms with Crippen LogP contribution in [0.5, 0.6) is 0 Å². The molecule has 0 aromatic heterocycles. The number of nitrogens with zero attached hydrogens (tertiary/aromatic N) is 1. The van der Waals surface area contributed by atoms with Crippen molar-refractivity contribution in [1.82, 2.24) is 0 Å². The molecule has 0 heterocycles. The Labute approximate surface area is 103 Å². The van der Waals surface area contributed by atoms with Gasteiger partial charge >= 0.3 is 0 Å². The lowest BCUT2D eigenvalue weighted by atomic mass is 10.1. The maximum Gasteiger partial charge on any atom is 0.174 e. The molecule has 16 heavy (non-hydrogen) atoms. The van der Waals surface area contributed by atoms with E-state index in [1.165, 1.54) is 19.1 Å². The molecule has 0 atom stereocenters. The lowest BCUT2D eigenvalue weighted by Gasteiger charge is -2.05. The van der Waals surface area contributed by atoms with E-state index in [0.29, 0.717) is 5.02 Å². The summed E-state index contributed by atoms with van der Waals surface area (Å²) in [6.45, 7) is 1.19. The Balaban J connectivity index is 3.44. The molecule has 0 saturated carbocycles. The van der Waals surface area contributed by atoms with E-state index in [1.54, 1.807) is 12.1 Å². The SMILES string of the molecule is CC(=O)/C(C#N)=C(\O)c1cc(Cl)ccc1Cl. The molecule has 5 heteroatoms. The van der Waals surface area contributed by atoms with E-state index in [9.17, 15) is 9.90 Å². The molecule has 1 aromatic carbocycles. The van der Waals surface area contributed by atoms with Crippen LogP contribution in [-0.2, 0) is 4.79 Å². The van der Waals surface area contributed by atoms with E-state index in [0.717, 1.165) is 0 Å². The highest BCUT2D eigenvalue weighted by molar-refractivity contribution is 6.34. The Morgan fingerprint density at radius 2 is 2.06 bits per heavy atom. The predicted octanol–water partition coefficient (Wildman–Crippen LogP) is 3.38. The number of hydrogen-bond acceptors (Lipinski definition) is 3. The van der Waals surface area contributed by atoms with Gasteiger partial charge in [0.05, 0.1) is 5.02 Å². The van der Waals surface area contributed by atoms with Crippen LogP contribution in [-0.4, -0.2) is 10.9 Å². The van der Waals surface area contributed by atoms with Crippen LogP contribution in [0.25, 0.3) is 5.76 Å². The predicted molar refractivity (Wildman–Crippen MR) is 62.3 cm³/mol. The topological polar surface area (TPSA) is 61.1 Å². The third kappa shape index (κ3) is 2.54. The normalized spacial score (nSPS) is 11.6. The van der Waals surface area contributed by atoms with Gasteiger partial charge in [-0.2, -0.15) is 5.26 Å². The fraction of sp³-hybridized carbons (Fsp3) is 0.0909. The summed E-state index contributed by atoms with van der Waals surface area (Å²) in [4.78, 5) is 11.1. The lowest BCUT2D eigenvalue weighted by Crippen LogP contribution is -1.99. The largest absolute Gasteiger partial charge is 0.506 e. The Bertz CT molecular complexity index is 515. The van der Waals surface area contributed by atoms with Gasteiger partial charge in [-0.3, -0.25) is 4.79 Å². The number of allylic oxidation sites excluding steroid dienone is 1. The molecule has 1 rings (SSSR count). The van der Waals surface area contributed by atoms with Crippen LogP contribution in [0.15, 0.2) is 23.8 Å². The molecule has 0 aliphatic carbocycles. The zero-order valence-corrected chi connectivity index (χ0v) is 9.80. The van der Waals surface area contributed by atoms with Gasteiger partial charge < -0.3 is 5.11 Å². The first-order chi connectivity index (χ1) is 7.47. The molecule has 0 bridgehead atoms. The maximum absolute atomic E-state index is 11.1. The number of halogens is 2. The van der Waals surface area contributed by atoms with Crippen molar-refractivity contribution in [3.8, 4) is 6.07 Å². The summed E-state index contributed by atoms with van der Waals surface area (Å²) in [5.41, 5.74) is -0.176. The van der Waals surface area contributed by atoms with E-state index in [1.807, 2.05) is 0 Å². The van der Waals surface area contributed by atoms with Crippen molar-refractivity contribution in [3.63, 3.8) is 0 Å². The molecule has 0 unspecified atom stereocenters. The van der Waals surface area contributed by atoms with Crippen LogP contribution < -0.4 is 0 Å². The van der Waals surface area contributed by atoms with Gasteiger partial charge in [-0.25, -0.2) is 0 Å². The highest BCUT2D eigenvalue weighted by Crippen LogP contribution is 2.27. The van der Waals surface area contributed by atoms with Gasteiger partial charge in [0.1, 0.15) is 17.4 Å². The molecule has 0 amide bonds. The van der Waals surface area contributed by atoms with E-state index in [4.69, 9.17) is 28.5 Å². The van der Waals surface area contributed by atoms with Crippen molar-refractivity contribution < 1.29 is 9.90 Å². The summed E-state index contributed by atoms with van der Waals surface area (Å²) in [5, 5.41) is 19.0. The minimum Gasteiger partial charge on any atom is -0.506 e. The smallest absolute Gasteiger partial charge is 0.174 e. The second-order valence-corrected chi connectivity index (χ2v) is 3.86. The first-order valence-corrected chi connectivity index (χ1v) is 5.02. The Morgan fingerprint density at radius 3 is 2.56 bits per heavy atom. The van der Waals surface area contributed by atoms with E-state index in [-0.39, 0.29) is 16.2 Å². The van der Waals surface area contributed by atoms with Crippen LogP contribution >= 0.6 is 23.2 Å². The van der Waals surface area contributed by atoms with E-state index >= 15 is 0 Å². The third-order valence-corrected chi connectivity index (χ3v) is 2.45. The molecule has 0 radical (unpaired) electrons. The number of rotatable bonds is 2. The Hall–Kier alpha value is -1.50. The van der Waals surface area contributed by atoms with Gasteiger partial charge in [-0.15, -0.1) is 0 Å². The molecule has 0 fully saturated rings. The van der Waals surface area contributed by atoms with Crippen LogP contribution in [0.3, 0.4) is 0 Å². The molecule has 0 aliphatic rings. The molecule has 0 spiro atoms. The molecule has 1 N–H and O–H groups in total. The standard InChI is InChI=1S/C11H7Cl2NO2/c1-6(15)9(5-14)11(16)8-4-7(12)2-3-10(8)13/h2-4,16H,1H3/b11-9-. The molecular weight excluding hydrogens is 249 g/mol. The first kappa shape index (κ1) is 12.6. The van der Waals surface area contributed by atoms with Crippen molar-refractivity contribution in [2.75, 3.05) is 0 Å². The van der Waals surface area contributed by atoms with Crippen LogP contribution in [0.2, 0.25) is 10.0 Å². The number of carbonyl (C=O) groups is 1. The first-order valence-electron chi connectivity index (χ1n) is 4.27. The number of carbonyl (C=O) groups excluding carboxylic acids is 1. The minimum absolute atomic E-state index is 0.168. The highest BCUT2D eigenvalue weighted by atomic mass is 35.5. The maximum atomic E-state index is 11.1. The van der Waals surface area contributed by atoms with Crippen molar-refractivity contribution in [1.29, 1.82) is 5.26 Å². The monoisotopic (exact) mass is 255 g/mol. The van der Waals surface area contributed by atoms with Gasteiger partial charge in [0, 0.05) is 17.5 Å². The van der Waals surface area contributed by atoms with E-state index in [2.05, 4.69) is 0 Å². The number of aliphatic hydroxyl groups is 1. The van der Waals surface area contributed by atoms with Gasteiger partial charge in [0.15, 0.2) is 5.78 Å². The zero-order valence-electron chi connectivity index (χ0n) is 8.29. The second kappa shape index (κ2) is 5.02. The second-order valence-electron chi connectivity index (χ2n) is 3.02. The lowest BCUT2D eigenvalue weighted by molar-refractivity contribution is -0.113. The fourth-order valence-corrected chi connectivity index (χ4v) is 1.49. The van der Waals surface area contributed by atoms with Crippen molar-refractivity contribution in [2.24, 2.45) is 0 Å². The summed E-state index contributed by atoms with van der Waals surface area (Å²) in [6, 6.07) is 6.03. The number of hydrogen-bond donors (Lipinski definition) is 1. The number of aliphatic hydroxyl groups excluding tert-OH is 1. The van der Waals surface area contributed by atoms with Crippen LogP contribution in [0, 0.1) is 11.3 Å². The quantitative estimate of drug-likeness (QED) is 0.501. The molecule has 82 valence electrons. The number of nitriles is 1. The van der Waals surface area contributed by atoms with Crippen LogP contribution in [0.1, 0.15) is 12.5 Å². The highest BCUT2D eigenvalue weighted by Gasteiger charge is 2.15. The van der Waals surface area contributed by atoms with Crippen molar-refractivity contribution in [2.45, 2.75) is 6.92 Å². The fourth-order valence-electron chi connectivity index (χ4n) is 1.11. The van der Waals surface area contributed by atoms with Crippen LogP contribution in [0.4, 0.5) is 0 Å². The Morgan fingerprint density at radius 1 is 1.44 bits per heavy atom. The molecule has 0 aliphatic heterocycles. The average molecular weight is 256 g/mol. The summed E-state index contributed by atoms with van der Waals surface area (Å²) < 4.78 is 0. The summed E-state index contributed by atoms with van der Waals surface area (Å²) in [5.74, 6) is -0.987. The molecule has 1 aromatic rings. The third-order valence-electron chi connectivity index (χ3n) is 1.88. The molecule has 0 saturated heterocycles. The summed E-state index contributed by atoms with van der Waals surface area (Å²) in [6.07, 6.45) is 0. The van der Waals surface area contributed by atoms with Crippen molar-refractivity contribution >= 4 is 34.7 Å². The number of Topliss-reactive ketones (excluding diaryl/α,β-unsaturated/α-hetero) is 1. The summed E-state index contributed by atoms with van der Waals surface area (Å²) >= 11 is 11.6. The van der Waals surface area contributed by atoms with Gasteiger partial charge in [0.2, 0.25) is 0 Å². The van der Waals surface area contributed by atoms with Crippen molar-refractivity contribution in [3.05, 3.63) is 39.4 Å². The summed E-state index contributed by atoms with van der Waals surface area (Å²) in [7, 11) is 0. The van der Waals surface area contributed by atoms with Gasteiger partial charge in [0.25, 0.3) is 0 Å². The van der Waals surface area contributed by atoms with Gasteiger partial charge in [-0.05, 0) is 18.2 Å². The molecular formula is C11H7Cl2NO2. The average Bonchev–Trinajstić information content (AvgIpc) is 2.22. The Kier molecular flexibility index (Phi) is 3.94.